The minimum atomic E-state index is -3.98. The van der Waals surface area contributed by atoms with E-state index in [4.69, 9.17) is 0 Å². The Balaban J connectivity index is 1.35. The summed E-state index contributed by atoms with van der Waals surface area (Å²) in [6.07, 6.45) is 3.13. The van der Waals surface area contributed by atoms with Gasteiger partial charge in [0.25, 0.3) is 21.8 Å². The van der Waals surface area contributed by atoms with Gasteiger partial charge in [0.1, 0.15) is 15.6 Å². The summed E-state index contributed by atoms with van der Waals surface area (Å²) in [5.41, 5.74) is 3.16. The van der Waals surface area contributed by atoms with E-state index < -0.39 is 15.9 Å². The van der Waals surface area contributed by atoms with Gasteiger partial charge in [-0.15, -0.1) is 11.3 Å². The second-order valence-corrected chi connectivity index (χ2v) is 10.9. The summed E-state index contributed by atoms with van der Waals surface area (Å²) in [4.78, 5) is 30.6. The third-order valence-corrected chi connectivity index (χ3v) is 8.24. The van der Waals surface area contributed by atoms with Crippen molar-refractivity contribution in [3.8, 4) is 10.6 Å². The fourth-order valence-corrected chi connectivity index (χ4v) is 6.11. The maximum Gasteiger partial charge on any atom is 0.273 e. The first-order valence-corrected chi connectivity index (χ1v) is 12.7. The standard InChI is InChI=1S/C24H20N4O4S2/c1-14-3-5-16(6-4-14)24-26-12-18(33-24)11-25-22(29)17-7-8-21-19(10-17)27-23(30)20-9-15(2)13-28(20)34(21,31)32/h3-10,12-13H,11H2,1-2H3,(H,25,29)(H,27,30). The zero-order valence-corrected chi connectivity index (χ0v) is 20.0. The van der Waals surface area contributed by atoms with E-state index in [0.29, 0.717) is 5.56 Å². The fraction of sp³-hybridized carbons (Fsp3) is 0.125. The molecule has 34 heavy (non-hydrogen) atoms. The third kappa shape index (κ3) is 3.91. The number of anilines is 1. The highest BCUT2D eigenvalue weighted by Crippen LogP contribution is 2.31. The number of aromatic nitrogens is 2. The second kappa shape index (κ2) is 8.23. The number of fused-ring (bicyclic) bond motifs is 2. The molecule has 10 heteroatoms. The van der Waals surface area contributed by atoms with Gasteiger partial charge < -0.3 is 10.6 Å². The van der Waals surface area contributed by atoms with Crippen molar-refractivity contribution in [2.75, 3.05) is 5.32 Å². The Morgan fingerprint density at radius 3 is 2.62 bits per heavy atom. The van der Waals surface area contributed by atoms with E-state index >= 15 is 0 Å². The lowest BCUT2D eigenvalue weighted by Gasteiger charge is -2.10. The smallest absolute Gasteiger partial charge is 0.273 e. The number of benzene rings is 2. The van der Waals surface area contributed by atoms with Crippen LogP contribution in [0.5, 0.6) is 0 Å². The van der Waals surface area contributed by atoms with Gasteiger partial charge in [0.15, 0.2) is 0 Å². The normalized spacial score (nSPS) is 14.0. The average molecular weight is 493 g/mol. The van der Waals surface area contributed by atoms with Crippen LogP contribution in [0.3, 0.4) is 0 Å². The molecule has 1 aliphatic heterocycles. The lowest BCUT2D eigenvalue weighted by Crippen LogP contribution is -2.22. The van der Waals surface area contributed by atoms with Gasteiger partial charge in [0, 0.05) is 28.4 Å². The summed E-state index contributed by atoms with van der Waals surface area (Å²) < 4.78 is 27.1. The number of hydrogen-bond acceptors (Lipinski definition) is 6. The van der Waals surface area contributed by atoms with Crippen molar-refractivity contribution >= 4 is 38.9 Å². The summed E-state index contributed by atoms with van der Waals surface area (Å²) in [6, 6.07) is 13.7. The van der Waals surface area contributed by atoms with Crippen LogP contribution in [0.15, 0.2) is 65.8 Å². The molecule has 172 valence electrons. The zero-order chi connectivity index (χ0) is 24.0. The van der Waals surface area contributed by atoms with E-state index in [9.17, 15) is 18.0 Å². The minimum Gasteiger partial charge on any atom is -0.347 e. The highest BCUT2D eigenvalue weighted by Gasteiger charge is 2.31. The maximum absolute atomic E-state index is 13.1. The monoisotopic (exact) mass is 492 g/mol. The predicted molar refractivity (Wildman–Crippen MR) is 130 cm³/mol. The fourth-order valence-electron chi connectivity index (χ4n) is 3.71. The molecule has 0 aliphatic carbocycles. The molecule has 0 unspecified atom stereocenters. The lowest BCUT2D eigenvalue weighted by atomic mass is 10.2. The average Bonchev–Trinajstić information content (AvgIpc) is 3.43. The number of hydrogen-bond donors (Lipinski definition) is 2. The van der Waals surface area contributed by atoms with Gasteiger partial charge in [-0.05, 0) is 43.7 Å². The first-order valence-electron chi connectivity index (χ1n) is 10.4. The van der Waals surface area contributed by atoms with Crippen LogP contribution in [0.25, 0.3) is 10.6 Å². The Hall–Kier alpha value is -3.76. The molecular weight excluding hydrogens is 472 g/mol. The molecule has 0 saturated heterocycles. The largest absolute Gasteiger partial charge is 0.347 e. The highest BCUT2D eigenvalue weighted by molar-refractivity contribution is 7.90. The molecule has 0 radical (unpaired) electrons. The second-order valence-electron chi connectivity index (χ2n) is 8.05. The molecule has 2 aromatic heterocycles. The van der Waals surface area contributed by atoms with Crippen LogP contribution >= 0.6 is 11.3 Å². The van der Waals surface area contributed by atoms with E-state index in [1.807, 2.05) is 31.2 Å². The predicted octanol–water partition coefficient (Wildman–Crippen LogP) is 3.96. The van der Waals surface area contributed by atoms with Crippen molar-refractivity contribution in [1.29, 1.82) is 0 Å². The van der Waals surface area contributed by atoms with Crippen molar-refractivity contribution < 1.29 is 18.0 Å². The van der Waals surface area contributed by atoms with E-state index in [0.717, 1.165) is 19.4 Å². The Morgan fingerprint density at radius 2 is 1.85 bits per heavy atom. The molecule has 2 N–H and O–H groups in total. The number of amides is 2. The van der Waals surface area contributed by atoms with E-state index in [-0.39, 0.29) is 34.3 Å². The van der Waals surface area contributed by atoms with Gasteiger partial charge in [-0.3, -0.25) is 9.59 Å². The number of thiazole rings is 1. The van der Waals surface area contributed by atoms with Crippen LogP contribution in [-0.4, -0.2) is 29.2 Å². The van der Waals surface area contributed by atoms with Crippen molar-refractivity contribution in [1.82, 2.24) is 14.3 Å². The summed E-state index contributed by atoms with van der Waals surface area (Å²) >= 11 is 1.48. The number of carbonyl (C=O) groups is 2. The summed E-state index contributed by atoms with van der Waals surface area (Å²) in [5, 5.41) is 6.30. The molecule has 8 nitrogen and oxygen atoms in total. The molecule has 0 atom stereocenters. The highest BCUT2D eigenvalue weighted by atomic mass is 32.2. The minimum absolute atomic E-state index is 0.0225. The molecule has 2 amide bonds. The maximum atomic E-state index is 13.1. The van der Waals surface area contributed by atoms with Crippen LogP contribution in [0, 0.1) is 13.8 Å². The van der Waals surface area contributed by atoms with E-state index in [1.54, 1.807) is 13.1 Å². The molecule has 5 rings (SSSR count). The number of carbonyl (C=O) groups excluding carboxylic acids is 2. The molecule has 1 aliphatic rings. The lowest BCUT2D eigenvalue weighted by molar-refractivity contribution is 0.0949. The van der Waals surface area contributed by atoms with Crippen LogP contribution < -0.4 is 10.6 Å². The van der Waals surface area contributed by atoms with Gasteiger partial charge in [-0.25, -0.2) is 17.4 Å². The van der Waals surface area contributed by atoms with Crippen molar-refractivity contribution in [3.63, 3.8) is 0 Å². The SMILES string of the molecule is Cc1ccc(-c2ncc(CNC(=O)c3ccc4c(c3)NC(=O)c3cc(C)cn3S4(=O)=O)s2)cc1. The summed E-state index contributed by atoms with van der Waals surface area (Å²) in [7, 11) is -3.98. The summed E-state index contributed by atoms with van der Waals surface area (Å²) in [6.45, 7) is 4.01. The Bertz CT molecular complexity index is 1550. The Labute approximate surface area is 200 Å². The van der Waals surface area contributed by atoms with Gasteiger partial charge in [-0.2, -0.15) is 0 Å². The van der Waals surface area contributed by atoms with Crippen LogP contribution in [0.4, 0.5) is 5.69 Å². The third-order valence-electron chi connectivity index (χ3n) is 5.46. The molecule has 2 aromatic carbocycles. The Kier molecular flexibility index (Phi) is 5.34. The topological polar surface area (TPSA) is 110 Å². The number of nitrogens with one attached hydrogen (secondary N) is 2. The molecule has 0 spiro atoms. The number of aryl methyl sites for hydroxylation is 2. The van der Waals surface area contributed by atoms with Crippen LogP contribution in [-0.2, 0) is 16.6 Å². The number of rotatable bonds is 4. The Morgan fingerprint density at radius 1 is 1.09 bits per heavy atom. The molecule has 0 fully saturated rings. The molecule has 4 aromatic rings. The summed E-state index contributed by atoms with van der Waals surface area (Å²) in [5.74, 6) is -0.944. The van der Waals surface area contributed by atoms with Crippen molar-refractivity contribution in [3.05, 3.63) is 88.2 Å². The van der Waals surface area contributed by atoms with Gasteiger partial charge in [0.05, 0.1) is 12.2 Å². The quantitative estimate of drug-likeness (QED) is 0.448. The molecule has 0 saturated carbocycles. The van der Waals surface area contributed by atoms with Gasteiger partial charge in [-0.1, -0.05) is 29.8 Å². The molecule has 0 bridgehead atoms. The van der Waals surface area contributed by atoms with Gasteiger partial charge in [0.2, 0.25) is 0 Å². The number of nitrogens with zero attached hydrogens (tertiary/aromatic N) is 2. The van der Waals surface area contributed by atoms with Crippen LogP contribution in [0.1, 0.15) is 36.9 Å². The van der Waals surface area contributed by atoms with Crippen LogP contribution in [0.2, 0.25) is 0 Å². The van der Waals surface area contributed by atoms with Gasteiger partial charge >= 0.3 is 0 Å². The molecule has 3 heterocycles. The van der Waals surface area contributed by atoms with Crippen molar-refractivity contribution in [2.45, 2.75) is 25.3 Å². The van der Waals surface area contributed by atoms with Crippen molar-refractivity contribution in [2.24, 2.45) is 0 Å². The van der Waals surface area contributed by atoms with E-state index in [2.05, 4.69) is 15.6 Å². The zero-order valence-electron chi connectivity index (χ0n) is 18.3. The first-order chi connectivity index (χ1) is 16.2. The first kappa shape index (κ1) is 22.1. The van der Waals surface area contributed by atoms with E-state index in [1.165, 1.54) is 47.4 Å². The molecular formula is C24H20N4O4S2.